The zero-order valence-electron chi connectivity index (χ0n) is 12.4. The molecule has 20 heavy (non-hydrogen) atoms. The van der Waals surface area contributed by atoms with Crippen molar-refractivity contribution < 1.29 is 4.42 Å². The Balaban J connectivity index is 2.19. The summed E-state index contributed by atoms with van der Waals surface area (Å²) in [4.78, 5) is 0. The molecule has 2 aromatic rings. The van der Waals surface area contributed by atoms with Crippen molar-refractivity contribution in [2.75, 3.05) is 6.54 Å². The summed E-state index contributed by atoms with van der Waals surface area (Å²) in [6.07, 6.45) is 3.66. The highest BCUT2D eigenvalue weighted by atomic mass is 35.5. The molecule has 0 saturated heterocycles. The molecule has 0 aliphatic carbocycles. The zero-order valence-corrected chi connectivity index (χ0v) is 13.1. The molecule has 1 heterocycles. The number of hydrogen-bond acceptors (Lipinski definition) is 2. The van der Waals surface area contributed by atoms with E-state index in [1.165, 1.54) is 16.7 Å². The lowest BCUT2D eigenvalue weighted by molar-refractivity contribution is 0.513. The van der Waals surface area contributed by atoms with E-state index in [1.807, 2.05) is 6.07 Å². The maximum Gasteiger partial charge on any atom is 0.197 e. The van der Waals surface area contributed by atoms with Crippen molar-refractivity contribution in [1.82, 2.24) is 5.32 Å². The van der Waals surface area contributed by atoms with Crippen molar-refractivity contribution >= 4 is 11.6 Å². The first-order chi connectivity index (χ1) is 9.61. The van der Waals surface area contributed by atoms with Crippen LogP contribution in [0, 0.1) is 13.8 Å². The third-order valence-electron chi connectivity index (χ3n) is 3.67. The lowest BCUT2D eigenvalue weighted by atomic mass is 9.98. The van der Waals surface area contributed by atoms with Gasteiger partial charge in [0.1, 0.15) is 0 Å². The van der Waals surface area contributed by atoms with Gasteiger partial charge in [0.25, 0.3) is 0 Å². The topological polar surface area (TPSA) is 25.2 Å². The highest BCUT2D eigenvalue weighted by Crippen LogP contribution is 2.27. The van der Waals surface area contributed by atoms with Crippen molar-refractivity contribution in [2.45, 2.75) is 39.7 Å². The minimum absolute atomic E-state index is 0.198. The smallest absolute Gasteiger partial charge is 0.197 e. The number of benzene rings is 1. The number of furan rings is 1. The average molecular weight is 292 g/mol. The molecule has 3 heteroatoms. The molecule has 2 nitrogen and oxygen atoms in total. The number of hydrogen-bond donors (Lipinski definition) is 1. The fraction of sp³-hybridized carbons (Fsp3) is 0.412. The Bertz CT molecular complexity index is 562. The van der Waals surface area contributed by atoms with Crippen LogP contribution < -0.4 is 5.32 Å². The summed E-state index contributed by atoms with van der Waals surface area (Å²) in [7, 11) is 0. The summed E-state index contributed by atoms with van der Waals surface area (Å²) < 4.78 is 5.23. The molecule has 0 bridgehead atoms. The molecule has 0 radical (unpaired) electrons. The molecule has 1 aromatic carbocycles. The van der Waals surface area contributed by atoms with Crippen LogP contribution in [0.15, 0.2) is 34.9 Å². The second kappa shape index (κ2) is 6.96. The number of nitrogens with one attached hydrogen (secondary N) is 1. The molecule has 0 aliphatic heterocycles. The van der Waals surface area contributed by atoms with Crippen LogP contribution in [0.4, 0.5) is 0 Å². The van der Waals surface area contributed by atoms with Crippen LogP contribution in [0.5, 0.6) is 0 Å². The van der Waals surface area contributed by atoms with E-state index >= 15 is 0 Å². The maximum absolute atomic E-state index is 6.13. The van der Waals surface area contributed by atoms with Gasteiger partial charge in [-0.15, -0.1) is 0 Å². The summed E-state index contributed by atoms with van der Waals surface area (Å²) >= 11 is 6.13. The number of halogens is 1. The molecule has 0 amide bonds. The minimum Gasteiger partial charge on any atom is -0.453 e. The SMILES string of the molecule is CCCNC(Cc1ccc(C)c(C)c1)c1ccoc1Cl. The highest BCUT2D eigenvalue weighted by Gasteiger charge is 2.17. The van der Waals surface area contributed by atoms with Crippen LogP contribution >= 0.6 is 11.6 Å². The Kier molecular flexibility index (Phi) is 5.27. The largest absolute Gasteiger partial charge is 0.453 e. The monoisotopic (exact) mass is 291 g/mol. The third kappa shape index (κ3) is 3.65. The van der Waals surface area contributed by atoms with E-state index in [0.29, 0.717) is 5.22 Å². The van der Waals surface area contributed by atoms with Gasteiger partial charge in [-0.25, -0.2) is 0 Å². The quantitative estimate of drug-likeness (QED) is 0.824. The molecule has 2 rings (SSSR count). The standard InChI is InChI=1S/C17H22ClNO/c1-4-8-19-16(15-7-9-20-17(15)18)11-14-6-5-12(2)13(3)10-14/h5-7,9-10,16,19H,4,8,11H2,1-3H3. The first-order valence-electron chi connectivity index (χ1n) is 7.14. The van der Waals surface area contributed by atoms with Gasteiger partial charge in [0, 0.05) is 11.6 Å². The van der Waals surface area contributed by atoms with E-state index in [0.717, 1.165) is 24.9 Å². The van der Waals surface area contributed by atoms with Crippen LogP contribution in [-0.2, 0) is 6.42 Å². The van der Waals surface area contributed by atoms with Gasteiger partial charge in [-0.2, -0.15) is 0 Å². The highest BCUT2D eigenvalue weighted by molar-refractivity contribution is 6.29. The summed E-state index contributed by atoms with van der Waals surface area (Å²) in [5, 5.41) is 4.04. The van der Waals surface area contributed by atoms with Gasteiger partial charge in [-0.3, -0.25) is 0 Å². The molecular formula is C17H22ClNO. The van der Waals surface area contributed by atoms with Gasteiger partial charge in [0.2, 0.25) is 0 Å². The summed E-state index contributed by atoms with van der Waals surface area (Å²) in [6, 6.07) is 8.78. The second-order valence-electron chi connectivity index (χ2n) is 5.28. The lowest BCUT2D eigenvalue weighted by Crippen LogP contribution is -2.24. The summed E-state index contributed by atoms with van der Waals surface area (Å²) in [6.45, 7) is 7.42. The predicted molar refractivity (Wildman–Crippen MR) is 84.4 cm³/mol. The van der Waals surface area contributed by atoms with Gasteiger partial charge >= 0.3 is 0 Å². The van der Waals surface area contributed by atoms with Crippen LogP contribution in [-0.4, -0.2) is 6.54 Å². The lowest BCUT2D eigenvalue weighted by Gasteiger charge is -2.18. The van der Waals surface area contributed by atoms with Crippen LogP contribution in [0.1, 0.15) is 41.6 Å². The molecule has 1 unspecified atom stereocenters. The first kappa shape index (κ1) is 15.1. The van der Waals surface area contributed by atoms with E-state index in [9.17, 15) is 0 Å². The molecule has 1 atom stereocenters. The van der Waals surface area contributed by atoms with Crippen molar-refractivity contribution in [2.24, 2.45) is 0 Å². The number of rotatable bonds is 6. The van der Waals surface area contributed by atoms with Crippen LogP contribution in [0.2, 0.25) is 5.22 Å². The Labute approximate surface area is 126 Å². The zero-order chi connectivity index (χ0) is 14.5. The molecule has 1 N–H and O–H groups in total. The average Bonchev–Trinajstić information content (AvgIpc) is 2.85. The first-order valence-corrected chi connectivity index (χ1v) is 7.52. The Morgan fingerprint density at radius 1 is 1.20 bits per heavy atom. The molecule has 1 aromatic heterocycles. The second-order valence-corrected chi connectivity index (χ2v) is 5.62. The molecule has 0 aliphatic rings. The molecule has 108 valence electrons. The van der Waals surface area contributed by atoms with Crippen molar-refractivity contribution in [3.63, 3.8) is 0 Å². The van der Waals surface area contributed by atoms with E-state index in [1.54, 1.807) is 6.26 Å². The normalized spacial score (nSPS) is 12.6. The minimum atomic E-state index is 0.198. The van der Waals surface area contributed by atoms with Gasteiger partial charge in [-0.05, 0) is 67.6 Å². The van der Waals surface area contributed by atoms with E-state index in [-0.39, 0.29) is 6.04 Å². The van der Waals surface area contributed by atoms with Crippen LogP contribution in [0.3, 0.4) is 0 Å². The molecular weight excluding hydrogens is 270 g/mol. The van der Waals surface area contributed by atoms with E-state index < -0.39 is 0 Å². The Morgan fingerprint density at radius 2 is 2.00 bits per heavy atom. The number of aryl methyl sites for hydroxylation is 2. The van der Waals surface area contributed by atoms with Crippen molar-refractivity contribution in [3.8, 4) is 0 Å². The van der Waals surface area contributed by atoms with E-state index in [4.69, 9.17) is 16.0 Å². The maximum atomic E-state index is 6.13. The Hall–Kier alpha value is -1.25. The third-order valence-corrected chi connectivity index (χ3v) is 3.98. The van der Waals surface area contributed by atoms with Gasteiger partial charge < -0.3 is 9.73 Å². The van der Waals surface area contributed by atoms with Gasteiger partial charge in [0.05, 0.1) is 6.26 Å². The van der Waals surface area contributed by atoms with Gasteiger partial charge in [0.15, 0.2) is 5.22 Å². The Morgan fingerprint density at radius 3 is 2.60 bits per heavy atom. The molecule has 0 saturated carbocycles. The van der Waals surface area contributed by atoms with Crippen LogP contribution in [0.25, 0.3) is 0 Å². The summed E-state index contributed by atoms with van der Waals surface area (Å²) in [5.74, 6) is 0. The molecule has 0 spiro atoms. The van der Waals surface area contributed by atoms with Gasteiger partial charge in [-0.1, -0.05) is 25.1 Å². The molecule has 0 fully saturated rings. The predicted octanol–water partition coefficient (Wildman–Crippen LogP) is 4.83. The van der Waals surface area contributed by atoms with Crippen molar-refractivity contribution in [1.29, 1.82) is 0 Å². The van der Waals surface area contributed by atoms with Crippen molar-refractivity contribution in [3.05, 3.63) is 58.0 Å². The fourth-order valence-corrected chi connectivity index (χ4v) is 2.58. The fourth-order valence-electron chi connectivity index (χ4n) is 2.33. The summed E-state index contributed by atoms with van der Waals surface area (Å²) in [5.41, 5.74) is 5.01. The van der Waals surface area contributed by atoms with E-state index in [2.05, 4.69) is 44.3 Å².